The van der Waals surface area contributed by atoms with E-state index in [-0.39, 0.29) is 18.2 Å². The first-order chi connectivity index (χ1) is 11.0. The van der Waals surface area contributed by atoms with Crippen molar-refractivity contribution in [3.63, 3.8) is 0 Å². The number of nitrogens with one attached hydrogen (secondary N) is 2. The van der Waals surface area contributed by atoms with Gasteiger partial charge in [-0.05, 0) is 24.6 Å². The van der Waals surface area contributed by atoms with Crippen molar-refractivity contribution >= 4 is 28.3 Å². The Balaban J connectivity index is 2.13. The van der Waals surface area contributed by atoms with E-state index in [0.29, 0.717) is 17.2 Å². The van der Waals surface area contributed by atoms with Gasteiger partial charge in [0, 0.05) is 19.0 Å². The molecule has 6 nitrogen and oxygen atoms in total. The summed E-state index contributed by atoms with van der Waals surface area (Å²) in [5.74, 6) is -0.360. The number of carbonyl (C=O) groups excluding carboxylic acids is 2. The fourth-order valence-corrected chi connectivity index (χ4v) is 2.99. The number of hydrogen-bond donors (Lipinski definition) is 2. The van der Waals surface area contributed by atoms with Gasteiger partial charge < -0.3 is 10.6 Å². The average molecular weight is 328 g/mol. The quantitative estimate of drug-likeness (QED) is 0.825. The van der Waals surface area contributed by atoms with E-state index < -0.39 is 0 Å². The van der Waals surface area contributed by atoms with E-state index in [0.717, 1.165) is 16.1 Å². The first-order valence-electron chi connectivity index (χ1n) is 7.02. The first kappa shape index (κ1) is 16.6. The molecule has 0 radical (unpaired) electrons. The number of hydrogen-bond acceptors (Lipinski definition) is 5. The standard InChI is InChI=1S/C16H16N4O2S/c1-10-14(23-16(19-10)20-11(2)21)12-4-6-13(7-5-12)15(22)18-9-3-8-17/h4-7H,3,9H2,1-2H3,(H,18,22)(H,19,20,21). The van der Waals surface area contributed by atoms with E-state index in [1.54, 1.807) is 12.1 Å². The SMILES string of the molecule is CC(=O)Nc1nc(C)c(-c2ccc(C(=O)NCCC#N)cc2)s1. The number of amides is 2. The van der Waals surface area contributed by atoms with Crippen LogP contribution in [-0.2, 0) is 4.79 Å². The zero-order valence-corrected chi connectivity index (χ0v) is 13.7. The summed E-state index contributed by atoms with van der Waals surface area (Å²) in [5, 5.41) is 14.4. The maximum atomic E-state index is 11.9. The molecule has 118 valence electrons. The number of aryl methyl sites for hydroxylation is 1. The minimum atomic E-state index is -0.202. The monoisotopic (exact) mass is 328 g/mol. The summed E-state index contributed by atoms with van der Waals surface area (Å²) in [5.41, 5.74) is 2.30. The Bertz CT molecular complexity index is 759. The van der Waals surface area contributed by atoms with Crippen molar-refractivity contribution in [3.05, 3.63) is 35.5 Å². The van der Waals surface area contributed by atoms with E-state index in [2.05, 4.69) is 15.6 Å². The lowest BCUT2D eigenvalue weighted by molar-refractivity contribution is -0.114. The molecule has 0 bridgehead atoms. The van der Waals surface area contributed by atoms with Crippen LogP contribution in [0.2, 0.25) is 0 Å². The molecule has 1 heterocycles. The lowest BCUT2D eigenvalue weighted by Gasteiger charge is -2.04. The minimum absolute atomic E-state index is 0.158. The van der Waals surface area contributed by atoms with Gasteiger partial charge in [-0.25, -0.2) is 4.98 Å². The van der Waals surface area contributed by atoms with Crippen LogP contribution >= 0.6 is 11.3 Å². The molecule has 1 aromatic heterocycles. The van der Waals surface area contributed by atoms with E-state index in [4.69, 9.17) is 5.26 Å². The van der Waals surface area contributed by atoms with E-state index >= 15 is 0 Å². The molecule has 0 aliphatic rings. The molecule has 0 aliphatic heterocycles. The molecule has 2 amide bonds. The van der Waals surface area contributed by atoms with E-state index in [1.807, 2.05) is 25.1 Å². The highest BCUT2D eigenvalue weighted by molar-refractivity contribution is 7.19. The lowest BCUT2D eigenvalue weighted by atomic mass is 10.1. The highest BCUT2D eigenvalue weighted by Gasteiger charge is 2.11. The molecule has 2 rings (SSSR count). The van der Waals surface area contributed by atoms with Crippen molar-refractivity contribution < 1.29 is 9.59 Å². The highest BCUT2D eigenvalue weighted by atomic mass is 32.1. The number of benzene rings is 1. The van der Waals surface area contributed by atoms with Gasteiger partial charge in [-0.1, -0.05) is 23.5 Å². The smallest absolute Gasteiger partial charge is 0.251 e. The van der Waals surface area contributed by atoms with Crippen LogP contribution in [0.4, 0.5) is 5.13 Å². The topological polar surface area (TPSA) is 94.9 Å². The summed E-state index contributed by atoms with van der Waals surface area (Å²) in [7, 11) is 0. The number of anilines is 1. The number of thiazole rings is 1. The molecule has 0 fully saturated rings. The van der Waals surface area contributed by atoms with Crippen LogP contribution in [0.5, 0.6) is 0 Å². The third-order valence-corrected chi connectivity index (χ3v) is 4.13. The Labute approximate surface area is 138 Å². The molecule has 0 saturated heterocycles. The van der Waals surface area contributed by atoms with Crippen molar-refractivity contribution in [3.8, 4) is 16.5 Å². The Morgan fingerprint density at radius 1 is 1.30 bits per heavy atom. The molecular weight excluding hydrogens is 312 g/mol. The normalized spacial score (nSPS) is 9.96. The summed E-state index contributed by atoms with van der Waals surface area (Å²) < 4.78 is 0. The van der Waals surface area contributed by atoms with Gasteiger partial charge in [0.25, 0.3) is 5.91 Å². The molecule has 0 aliphatic carbocycles. The van der Waals surface area contributed by atoms with Crippen LogP contribution in [0.25, 0.3) is 10.4 Å². The van der Waals surface area contributed by atoms with Crippen LogP contribution in [0.1, 0.15) is 29.4 Å². The summed E-state index contributed by atoms with van der Waals surface area (Å²) in [6.07, 6.45) is 0.288. The Hall–Kier alpha value is -2.72. The second-order valence-electron chi connectivity index (χ2n) is 4.86. The van der Waals surface area contributed by atoms with Crippen LogP contribution in [-0.4, -0.2) is 23.3 Å². The van der Waals surface area contributed by atoms with Gasteiger partial charge in [-0.15, -0.1) is 0 Å². The maximum Gasteiger partial charge on any atom is 0.251 e. The fraction of sp³-hybridized carbons (Fsp3) is 0.250. The number of carbonyl (C=O) groups is 2. The van der Waals surface area contributed by atoms with Gasteiger partial charge in [-0.3, -0.25) is 9.59 Å². The van der Waals surface area contributed by atoms with Gasteiger partial charge in [0.1, 0.15) is 0 Å². The summed E-state index contributed by atoms with van der Waals surface area (Å²) in [6, 6.07) is 9.13. The van der Waals surface area contributed by atoms with Gasteiger partial charge in [0.2, 0.25) is 5.91 Å². The molecule has 23 heavy (non-hydrogen) atoms. The van der Waals surface area contributed by atoms with Gasteiger partial charge >= 0.3 is 0 Å². The minimum Gasteiger partial charge on any atom is -0.351 e. The third-order valence-electron chi connectivity index (χ3n) is 3.01. The molecule has 2 aromatic rings. The zero-order valence-electron chi connectivity index (χ0n) is 12.8. The van der Waals surface area contributed by atoms with Crippen molar-refractivity contribution in [1.29, 1.82) is 5.26 Å². The summed E-state index contributed by atoms with van der Waals surface area (Å²) in [6.45, 7) is 3.65. The van der Waals surface area contributed by atoms with Crippen LogP contribution in [0, 0.1) is 18.3 Å². The molecule has 7 heteroatoms. The van der Waals surface area contributed by atoms with E-state index in [9.17, 15) is 9.59 Å². The highest BCUT2D eigenvalue weighted by Crippen LogP contribution is 2.32. The lowest BCUT2D eigenvalue weighted by Crippen LogP contribution is -2.24. The van der Waals surface area contributed by atoms with Gasteiger partial charge in [0.05, 0.1) is 23.1 Å². The average Bonchev–Trinajstić information content (AvgIpc) is 2.87. The number of nitrogens with zero attached hydrogens (tertiary/aromatic N) is 2. The Kier molecular flexibility index (Phi) is 5.44. The predicted octanol–water partition coefficient (Wildman–Crippen LogP) is 2.72. The molecule has 0 saturated carbocycles. The van der Waals surface area contributed by atoms with Crippen molar-refractivity contribution in [1.82, 2.24) is 10.3 Å². The summed E-state index contributed by atoms with van der Waals surface area (Å²) >= 11 is 1.39. The molecule has 0 spiro atoms. The predicted molar refractivity (Wildman–Crippen MR) is 89.2 cm³/mol. The van der Waals surface area contributed by atoms with Crippen molar-refractivity contribution in [2.45, 2.75) is 20.3 Å². The molecule has 0 atom stereocenters. The third kappa shape index (κ3) is 4.37. The van der Waals surface area contributed by atoms with E-state index in [1.165, 1.54) is 18.3 Å². The van der Waals surface area contributed by atoms with Crippen LogP contribution in [0.15, 0.2) is 24.3 Å². The second-order valence-corrected chi connectivity index (χ2v) is 5.86. The molecular formula is C16H16N4O2S. The largest absolute Gasteiger partial charge is 0.351 e. The summed E-state index contributed by atoms with van der Waals surface area (Å²) in [4.78, 5) is 28.2. The Morgan fingerprint density at radius 2 is 2.00 bits per heavy atom. The van der Waals surface area contributed by atoms with Gasteiger partial charge in [-0.2, -0.15) is 5.26 Å². The molecule has 1 aromatic carbocycles. The maximum absolute atomic E-state index is 11.9. The van der Waals surface area contributed by atoms with Gasteiger partial charge in [0.15, 0.2) is 5.13 Å². The zero-order chi connectivity index (χ0) is 16.8. The first-order valence-corrected chi connectivity index (χ1v) is 7.83. The number of nitriles is 1. The second kappa shape index (κ2) is 7.51. The van der Waals surface area contributed by atoms with Crippen LogP contribution in [0.3, 0.4) is 0 Å². The molecule has 0 unspecified atom stereocenters. The number of rotatable bonds is 5. The van der Waals surface area contributed by atoms with Crippen molar-refractivity contribution in [2.75, 3.05) is 11.9 Å². The number of aromatic nitrogens is 1. The fourth-order valence-electron chi connectivity index (χ4n) is 1.98. The Morgan fingerprint density at radius 3 is 2.61 bits per heavy atom. The van der Waals surface area contributed by atoms with Crippen LogP contribution < -0.4 is 10.6 Å². The van der Waals surface area contributed by atoms with Crippen molar-refractivity contribution in [2.24, 2.45) is 0 Å². The molecule has 2 N–H and O–H groups in total.